The first-order valence-electron chi connectivity index (χ1n) is 3.47. The maximum Gasteiger partial charge on any atom is 0.200 e. The Kier molecular flexibility index (Phi) is 2.28. The molecule has 0 spiro atoms. The van der Waals surface area contributed by atoms with Crippen LogP contribution >= 0.6 is 27.3 Å². The van der Waals surface area contributed by atoms with Gasteiger partial charge in [-0.05, 0) is 27.4 Å². The monoisotopic (exact) mass is 243 g/mol. The second-order valence-electron chi connectivity index (χ2n) is 2.31. The lowest BCUT2D eigenvalue weighted by Gasteiger charge is -1.88. The fourth-order valence-corrected chi connectivity index (χ4v) is 1.92. The average Bonchev–Trinajstić information content (AvgIpc) is 2.63. The summed E-state index contributed by atoms with van der Waals surface area (Å²) in [6, 6.07) is 4.10. The minimum atomic E-state index is 0.689. The van der Waals surface area contributed by atoms with E-state index < -0.39 is 0 Å². The van der Waals surface area contributed by atoms with Gasteiger partial charge in [0, 0.05) is 4.88 Å². The van der Waals surface area contributed by atoms with Crippen molar-refractivity contribution in [3.63, 3.8) is 0 Å². The number of halogens is 1. The number of rotatable bonds is 2. The molecule has 0 unspecified atom stereocenters. The van der Waals surface area contributed by atoms with Crippen molar-refractivity contribution in [2.75, 3.05) is 0 Å². The van der Waals surface area contributed by atoms with Gasteiger partial charge in [-0.1, -0.05) is 6.07 Å². The third-order valence-corrected chi connectivity index (χ3v) is 2.67. The van der Waals surface area contributed by atoms with Gasteiger partial charge in [-0.2, -0.15) is 0 Å². The van der Waals surface area contributed by atoms with E-state index in [0.717, 1.165) is 12.3 Å². The normalized spacial score (nSPS) is 10.4. The summed E-state index contributed by atoms with van der Waals surface area (Å²) in [5, 5.41) is 2.05. The number of hydrogen-bond donors (Lipinski definition) is 0. The summed E-state index contributed by atoms with van der Waals surface area (Å²) in [6.07, 6.45) is 2.45. The van der Waals surface area contributed by atoms with Crippen molar-refractivity contribution in [3.05, 3.63) is 39.1 Å². The molecule has 4 heteroatoms. The average molecular weight is 244 g/mol. The Morgan fingerprint density at radius 3 is 3.08 bits per heavy atom. The number of hydrogen-bond acceptors (Lipinski definition) is 3. The Bertz CT molecular complexity index is 355. The molecule has 0 aliphatic heterocycles. The van der Waals surface area contributed by atoms with E-state index in [0.29, 0.717) is 4.67 Å². The summed E-state index contributed by atoms with van der Waals surface area (Å²) >= 11 is 4.92. The summed E-state index contributed by atoms with van der Waals surface area (Å²) in [5.41, 5.74) is 0. The van der Waals surface area contributed by atoms with Gasteiger partial charge >= 0.3 is 0 Å². The molecule has 2 aromatic heterocycles. The van der Waals surface area contributed by atoms with Gasteiger partial charge in [0.2, 0.25) is 5.89 Å². The molecule has 0 saturated heterocycles. The quantitative estimate of drug-likeness (QED) is 0.811. The fourth-order valence-electron chi connectivity index (χ4n) is 0.932. The van der Waals surface area contributed by atoms with E-state index in [-0.39, 0.29) is 0 Å². The molecule has 0 aliphatic rings. The highest BCUT2D eigenvalue weighted by Crippen LogP contribution is 2.16. The van der Waals surface area contributed by atoms with Crippen molar-refractivity contribution >= 4 is 27.3 Å². The zero-order valence-corrected chi connectivity index (χ0v) is 8.56. The highest BCUT2D eigenvalue weighted by atomic mass is 79.9. The molecule has 0 aromatic carbocycles. The van der Waals surface area contributed by atoms with Gasteiger partial charge in [-0.3, -0.25) is 0 Å². The minimum absolute atomic E-state index is 0.689. The van der Waals surface area contributed by atoms with E-state index in [4.69, 9.17) is 4.42 Å². The zero-order chi connectivity index (χ0) is 8.39. The third-order valence-electron chi connectivity index (χ3n) is 1.43. The van der Waals surface area contributed by atoms with Crippen molar-refractivity contribution in [2.45, 2.75) is 6.42 Å². The van der Waals surface area contributed by atoms with Crippen LogP contribution in [0.4, 0.5) is 0 Å². The highest BCUT2D eigenvalue weighted by Gasteiger charge is 2.02. The van der Waals surface area contributed by atoms with Crippen LogP contribution in [0.3, 0.4) is 0 Å². The molecule has 62 valence electrons. The summed E-state index contributed by atoms with van der Waals surface area (Å²) in [5.74, 6) is 0.754. The molecule has 2 aromatic rings. The summed E-state index contributed by atoms with van der Waals surface area (Å²) in [7, 11) is 0. The van der Waals surface area contributed by atoms with E-state index in [9.17, 15) is 0 Å². The van der Waals surface area contributed by atoms with Crippen LogP contribution in [0.1, 0.15) is 10.8 Å². The highest BCUT2D eigenvalue weighted by molar-refractivity contribution is 9.10. The van der Waals surface area contributed by atoms with Crippen LogP contribution in [-0.2, 0) is 6.42 Å². The van der Waals surface area contributed by atoms with Crippen molar-refractivity contribution in [1.29, 1.82) is 0 Å². The number of oxazole rings is 1. The van der Waals surface area contributed by atoms with E-state index in [1.807, 2.05) is 11.4 Å². The summed E-state index contributed by atoms with van der Waals surface area (Å²) in [6.45, 7) is 0. The largest absolute Gasteiger partial charge is 0.434 e. The van der Waals surface area contributed by atoms with Crippen molar-refractivity contribution in [2.24, 2.45) is 0 Å². The lowest BCUT2D eigenvalue weighted by molar-refractivity contribution is 0.487. The Morgan fingerprint density at radius 2 is 2.50 bits per heavy atom. The van der Waals surface area contributed by atoms with Gasteiger partial charge in [-0.15, -0.1) is 11.3 Å². The van der Waals surface area contributed by atoms with Crippen LogP contribution in [0, 0.1) is 0 Å². The molecule has 2 nitrogen and oxygen atoms in total. The number of nitrogens with zero attached hydrogens (tertiary/aromatic N) is 1. The van der Waals surface area contributed by atoms with Gasteiger partial charge in [0.25, 0.3) is 0 Å². The predicted molar refractivity (Wildman–Crippen MR) is 51.3 cm³/mol. The smallest absolute Gasteiger partial charge is 0.200 e. The van der Waals surface area contributed by atoms with Gasteiger partial charge in [0.15, 0.2) is 4.67 Å². The summed E-state index contributed by atoms with van der Waals surface area (Å²) < 4.78 is 5.96. The molecular weight excluding hydrogens is 238 g/mol. The van der Waals surface area contributed by atoms with Crippen molar-refractivity contribution in [1.82, 2.24) is 4.98 Å². The second-order valence-corrected chi connectivity index (χ2v) is 4.13. The van der Waals surface area contributed by atoms with E-state index >= 15 is 0 Å². The molecule has 2 heterocycles. The molecular formula is C8H6BrNOS. The molecule has 0 amide bonds. The lowest BCUT2D eigenvalue weighted by Crippen LogP contribution is -1.82. The van der Waals surface area contributed by atoms with Crippen LogP contribution in [0.15, 0.2) is 32.8 Å². The van der Waals surface area contributed by atoms with Gasteiger partial charge in [0.1, 0.15) is 0 Å². The predicted octanol–water partition coefficient (Wildman–Crippen LogP) is 3.09. The lowest BCUT2D eigenvalue weighted by atomic mass is 10.3. The van der Waals surface area contributed by atoms with Crippen molar-refractivity contribution < 1.29 is 4.42 Å². The van der Waals surface area contributed by atoms with E-state index in [2.05, 4.69) is 27.0 Å². The van der Waals surface area contributed by atoms with Gasteiger partial charge in [0.05, 0.1) is 12.6 Å². The van der Waals surface area contributed by atoms with Crippen LogP contribution in [0.2, 0.25) is 0 Å². The SMILES string of the molecule is Brc1cnc(Cc2cccs2)o1. The zero-order valence-electron chi connectivity index (χ0n) is 6.16. The molecule has 0 bridgehead atoms. The first-order valence-corrected chi connectivity index (χ1v) is 5.14. The standard InChI is InChI=1S/C8H6BrNOS/c9-7-5-10-8(11-7)4-6-2-1-3-12-6/h1-3,5H,4H2. The molecule has 0 radical (unpaired) electrons. The van der Waals surface area contributed by atoms with Gasteiger partial charge in [-0.25, -0.2) is 4.98 Å². The topological polar surface area (TPSA) is 26.0 Å². The molecule has 0 saturated carbocycles. The first kappa shape index (κ1) is 8.01. The first-order chi connectivity index (χ1) is 5.84. The van der Waals surface area contributed by atoms with Crippen LogP contribution < -0.4 is 0 Å². The van der Waals surface area contributed by atoms with E-state index in [1.165, 1.54) is 4.88 Å². The Morgan fingerprint density at radius 1 is 1.58 bits per heavy atom. The Hall–Kier alpha value is -0.610. The summed E-state index contributed by atoms with van der Waals surface area (Å²) in [4.78, 5) is 5.35. The molecule has 0 atom stereocenters. The molecule has 2 rings (SSSR count). The molecule has 12 heavy (non-hydrogen) atoms. The second kappa shape index (κ2) is 3.41. The van der Waals surface area contributed by atoms with Crippen molar-refractivity contribution in [3.8, 4) is 0 Å². The van der Waals surface area contributed by atoms with Gasteiger partial charge < -0.3 is 4.42 Å². The van der Waals surface area contributed by atoms with E-state index in [1.54, 1.807) is 17.5 Å². The minimum Gasteiger partial charge on any atom is -0.434 e. The molecule has 0 N–H and O–H groups in total. The molecule has 0 fully saturated rings. The third kappa shape index (κ3) is 1.76. The van der Waals surface area contributed by atoms with Crippen LogP contribution in [-0.4, -0.2) is 4.98 Å². The maximum absolute atomic E-state index is 5.27. The Labute approximate surface area is 82.4 Å². The number of aromatic nitrogens is 1. The number of thiophene rings is 1. The van der Waals surface area contributed by atoms with Crippen LogP contribution in [0.25, 0.3) is 0 Å². The molecule has 0 aliphatic carbocycles. The van der Waals surface area contributed by atoms with Crippen LogP contribution in [0.5, 0.6) is 0 Å². The fraction of sp³-hybridized carbons (Fsp3) is 0.125. The maximum atomic E-state index is 5.27. The Balaban J connectivity index is 2.14.